The van der Waals surface area contributed by atoms with Gasteiger partial charge in [0.25, 0.3) is 0 Å². The van der Waals surface area contributed by atoms with E-state index in [0.717, 1.165) is 17.5 Å². The molecule has 2 N–H and O–H groups in total. The average molecular weight is 287 g/mol. The highest BCUT2D eigenvalue weighted by molar-refractivity contribution is 7.11. The molecule has 0 radical (unpaired) electrons. The second-order valence-electron chi connectivity index (χ2n) is 3.97. The number of aromatic nitrogens is 2. The van der Waals surface area contributed by atoms with Crippen LogP contribution >= 0.6 is 11.3 Å². The van der Waals surface area contributed by atoms with Gasteiger partial charge in [-0.25, -0.2) is 4.98 Å². The number of hydrogen-bond donors (Lipinski definition) is 1. The molecule has 0 aliphatic rings. The van der Waals surface area contributed by atoms with Gasteiger partial charge in [0.1, 0.15) is 0 Å². The Morgan fingerprint density at radius 1 is 1.37 bits per heavy atom. The Morgan fingerprint density at radius 3 is 2.68 bits per heavy atom. The predicted molar refractivity (Wildman–Crippen MR) is 66.8 cm³/mol. The van der Waals surface area contributed by atoms with E-state index in [4.69, 9.17) is 5.73 Å². The molecule has 102 valence electrons. The standard InChI is InChI=1S/C12H12F3N3S/c1-2-7-5-17-4-3-8(7)10(16)9-6-18-11(19-9)12(13,14)15/h3-6,10H,2,16H2,1H3. The summed E-state index contributed by atoms with van der Waals surface area (Å²) < 4.78 is 37.5. The Bertz CT molecular complexity index is 565. The molecule has 0 aliphatic heterocycles. The van der Waals surface area contributed by atoms with Gasteiger partial charge in [0.15, 0.2) is 5.01 Å². The topological polar surface area (TPSA) is 51.8 Å². The highest BCUT2D eigenvalue weighted by Gasteiger charge is 2.35. The molecule has 3 nitrogen and oxygen atoms in total. The van der Waals surface area contributed by atoms with Crippen molar-refractivity contribution >= 4 is 11.3 Å². The molecule has 0 spiro atoms. The first-order chi connectivity index (χ1) is 8.93. The molecule has 0 aliphatic carbocycles. The van der Waals surface area contributed by atoms with Crippen molar-refractivity contribution in [1.29, 1.82) is 0 Å². The lowest BCUT2D eigenvalue weighted by Crippen LogP contribution is -2.12. The van der Waals surface area contributed by atoms with E-state index in [0.29, 0.717) is 16.2 Å². The van der Waals surface area contributed by atoms with E-state index < -0.39 is 17.2 Å². The van der Waals surface area contributed by atoms with Gasteiger partial charge in [-0.05, 0) is 23.6 Å². The van der Waals surface area contributed by atoms with Crippen LogP contribution < -0.4 is 5.73 Å². The van der Waals surface area contributed by atoms with Crippen LogP contribution in [0.15, 0.2) is 24.7 Å². The third-order valence-electron chi connectivity index (χ3n) is 2.73. The van der Waals surface area contributed by atoms with Crippen LogP contribution in [-0.2, 0) is 12.6 Å². The molecule has 2 aromatic rings. The van der Waals surface area contributed by atoms with Crippen LogP contribution in [0.25, 0.3) is 0 Å². The monoisotopic (exact) mass is 287 g/mol. The number of nitrogens with zero attached hydrogens (tertiary/aromatic N) is 2. The Labute approximate surface area is 112 Å². The molecular formula is C12H12F3N3S. The number of hydrogen-bond acceptors (Lipinski definition) is 4. The molecule has 0 bridgehead atoms. The van der Waals surface area contributed by atoms with Crippen molar-refractivity contribution in [2.24, 2.45) is 5.73 Å². The molecule has 2 heterocycles. The number of rotatable bonds is 3. The maximum atomic E-state index is 12.5. The third kappa shape index (κ3) is 2.93. The number of nitrogens with two attached hydrogens (primary N) is 1. The highest BCUT2D eigenvalue weighted by atomic mass is 32.1. The number of alkyl halides is 3. The SMILES string of the molecule is CCc1cnccc1C(N)c1cnc(C(F)(F)F)s1. The fourth-order valence-electron chi connectivity index (χ4n) is 1.75. The summed E-state index contributed by atoms with van der Waals surface area (Å²) in [4.78, 5) is 7.77. The van der Waals surface area contributed by atoms with Crippen molar-refractivity contribution in [1.82, 2.24) is 9.97 Å². The van der Waals surface area contributed by atoms with Crippen LogP contribution in [-0.4, -0.2) is 9.97 Å². The second-order valence-corrected chi connectivity index (χ2v) is 5.03. The van der Waals surface area contributed by atoms with E-state index in [2.05, 4.69) is 9.97 Å². The molecule has 0 fully saturated rings. The van der Waals surface area contributed by atoms with Gasteiger partial charge in [0, 0.05) is 23.5 Å². The summed E-state index contributed by atoms with van der Waals surface area (Å²) in [7, 11) is 0. The molecule has 1 atom stereocenters. The number of thiazole rings is 1. The fourth-order valence-corrected chi connectivity index (χ4v) is 2.56. The molecule has 19 heavy (non-hydrogen) atoms. The van der Waals surface area contributed by atoms with Crippen molar-refractivity contribution in [2.75, 3.05) is 0 Å². The summed E-state index contributed by atoms with van der Waals surface area (Å²) in [6.07, 6.45) is 0.759. The van der Waals surface area contributed by atoms with Gasteiger partial charge in [-0.3, -0.25) is 4.98 Å². The summed E-state index contributed by atoms with van der Waals surface area (Å²) in [6.45, 7) is 1.95. The Kier molecular flexibility index (Phi) is 3.86. The van der Waals surface area contributed by atoms with E-state index in [9.17, 15) is 13.2 Å². The Balaban J connectivity index is 2.34. The molecule has 0 amide bonds. The van der Waals surface area contributed by atoms with E-state index in [1.165, 1.54) is 6.20 Å². The number of halogens is 3. The van der Waals surface area contributed by atoms with Gasteiger partial charge >= 0.3 is 6.18 Å². The average Bonchev–Trinajstić information content (AvgIpc) is 2.87. The minimum absolute atomic E-state index is 0.397. The van der Waals surface area contributed by atoms with Gasteiger partial charge in [-0.15, -0.1) is 11.3 Å². The molecule has 1 unspecified atom stereocenters. The highest BCUT2D eigenvalue weighted by Crippen LogP contribution is 2.35. The minimum atomic E-state index is -4.42. The van der Waals surface area contributed by atoms with Crippen molar-refractivity contribution < 1.29 is 13.2 Å². The summed E-state index contributed by atoms with van der Waals surface area (Å²) in [6, 6.07) is 1.13. The maximum absolute atomic E-state index is 12.5. The quantitative estimate of drug-likeness (QED) is 0.943. The first-order valence-corrected chi connectivity index (χ1v) is 6.46. The van der Waals surface area contributed by atoms with Gasteiger partial charge in [-0.2, -0.15) is 13.2 Å². The first-order valence-electron chi connectivity index (χ1n) is 5.64. The van der Waals surface area contributed by atoms with Crippen LogP contribution in [0.2, 0.25) is 0 Å². The first kappa shape index (κ1) is 14.0. The summed E-state index contributed by atoms with van der Waals surface area (Å²) in [5, 5.41) is -0.870. The van der Waals surface area contributed by atoms with Crippen LogP contribution in [0, 0.1) is 0 Å². The zero-order valence-electron chi connectivity index (χ0n) is 10.1. The molecule has 7 heteroatoms. The second kappa shape index (κ2) is 5.26. The van der Waals surface area contributed by atoms with Crippen LogP contribution in [0.1, 0.15) is 34.0 Å². The molecular weight excluding hydrogens is 275 g/mol. The lowest BCUT2D eigenvalue weighted by atomic mass is 10.0. The van der Waals surface area contributed by atoms with Crippen molar-refractivity contribution in [2.45, 2.75) is 25.6 Å². The van der Waals surface area contributed by atoms with Gasteiger partial charge in [0.2, 0.25) is 0 Å². The molecule has 2 rings (SSSR count). The van der Waals surface area contributed by atoms with Gasteiger partial charge in [-0.1, -0.05) is 6.92 Å². The van der Waals surface area contributed by atoms with Crippen LogP contribution in [0.5, 0.6) is 0 Å². The van der Waals surface area contributed by atoms with E-state index in [1.807, 2.05) is 6.92 Å². The van der Waals surface area contributed by atoms with Crippen molar-refractivity contribution in [3.8, 4) is 0 Å². The van der Waals surface area contributed by atoms with Crippen molar-refractivity contribution in [3.63, 3.8) is 0 Å². The van der Waals surface area contributed by atoms with Crippen molar-refractivity contribution in [3.05, 3.63) is 45.7 Å². The van der Waals surface area contributed by atoms with E-state index in [-0.39, 0.29) is 0 Å². The Hall–Kier alpha value is -1.47. The summed E-state index contributed by atoms with van der Waals surface area (Å²) in [5.41, 5.74) is 7.74. The van der Waals surface area contributed by atoms with Crippen LogP contribution in [0.3, 0.4) is 0 Å². The van der Waals surface area contributed by atoms with Gasteiger partial charge < -0.3 is 5.73 Å². The lowest BCUT2D eigenvalue weighted by Gasteiger charge is -2.13. The zero-order valence-corrected chi connectivity index (χ0v) is 10.9. The van der Waals surface area contributed by atoms with E-state index in [1.54, 1.807) is 18.5 Å². The normalized spacial score (nSPS) is 13.5. The largest absolute Gasteiger partial charge is 0.443 e. The summed E-state index contributed by atoms with van der Waals surface area (Å²) in [5.74, 6) is 0. The van der Waals surface area contributed by atoms with Crippen LogP contribution in [0.4, 0.5) is 13.2 Å². The third-order valence-corrected chi connectivity index (χ3v) is 3.86. The number of aryl methyl sites for hydroxylation is 1. The maximum Gasteiger partial charge on any atom is 0.443 e. The van der Waals surface area contributed by atoms with Gasteiger partial charge in [0.05, 0.1) is 6.04 Å². The molecule has 0 saturated carbocycles. The fraction of sp³-hybridized carbons (Fsp3) is 0.333. The van der Waals surface area contributed by atoms with E-state index >= 15 is 0 Å². The molecule has 2 aromatic heterocycles. The minimum Gasteiger partial charge on any atom is -0.320 e. The number of pyridine rings is 1. The smallest absolute Gasteiger partial charge is 0.320 e. The lowest BCUT2D eigenvalue weighted by molar-refractivity contribution is -0.137. The molecule has 0 aromatic carbocycles. The molecule has 0 saturated heterocycles. The summed E-state index contributed by atoms with van der Waals surface area (Å²) >= 11 is 0.580. The predicted octanol–water partition coefficient (Wildman–Crippen LogP) is 3.17. The Morgan fingerprint density at radius 2 is 2.11 bits per heavy atom. The zero-order chi connectivity index (χ0) is 14.0.